The first-order chi connectivity index (χ1) is 12.0. The topological polar surface area (TPSA) is 0 Å². The fraction of sp³-hybridized carbons (Fsp3) is 0.364. The molecule has 0 nitrogen and oxygen atoms in total. The van der Waals surface area contributed by atoms with Gasteiger partial charge in [0.1, 0.15) is 0 Å². The molecule has 2 aromatic rings. The van der Waals surface area contributed by atoms with E-state index in [2.05, 4.69) is 89.3 Å². The fourth-order valence-corrected chi connectivity index (χ4v) is 18.8. The molecule has 0 saturated heterocycles. The zero-order chi connectivity index (χ0) is 19.3. The van der Waals surface area contributed by atoms with Crippen LogP contribution in [0.15, 0.2) is 48.0 Å². The van der Waals surface area contributed by atoms with Crippen LogP contribution in [-0.2, 0) is 22.5 Å². The van der Waals surface area contributed by atoms with Gasteiger partial charge in [0.05, 0.1) is 0 Å². The van der Waals surface area contributed by atoms with Crippen LogP contribution in [0.1, 0.15) is 48.0 Å². The van der Waals surface area contributed by atoms with E-state index in [1.54, 1.807) is 0 Å². The van der Waals surface area contributed by atoms with E-state index in [1.807, 2.05) is 0 Å². The summed E-state index contributed by atoms with van der Waals surface area (Å²) >= 11 is -3.14. The van der Waals surface area contributed by atoms with Crippen LogP contribution >= 0.6 is 17.0 Å². The SMILES string of the molecule is CC1=Cc2c(-c3ccc(C(C)(C)C)cc3)cccc2[CH]1[Zr]([Cl])([Cl])[SiH](C)C. The Morgan fingerprint density at radius 1 is 0.962 bits per heavy atom. The van der Waals surface area contributed by atoms with Gasteiger partial charge in [-0.3, -0.25) is 0 Å². The van der Waals surface area contributed by atoms with Crippen LogP contribution in [0.25, 0.3) is 17.2 Å². The van der Waals surface area contributed by atoms with Gasteiger partial charge in [0.2, 0.25) is 0 Å². The minimum absolute atomic E-state index is 0.173. The molecule has 3 rings (SSSR count). The molecule has 2 aromatic carbocycles. The first-order valence-corrected chi connectivity index (χ1v) is 24.2. The van der Waals surface area contributed by atoms with Crippen molar-refractivity contribution in [2.24, 2.45) is 0 Å². The van der Waals surface area contributed by atoms with Crippen LogP contribution in [0.2, 0.25) is 13.1 Å². The van der Waals surface area contributed by atoms with Crippen molar-refractivity contribution in [2.75, 3.05) is 0 Å². The van der Waals surface area contributed by atoms with Crippen molar-refractivity contribution in [3.05, 3.63) is 64.7 Å². The molecule has 0 saturated carbocycles. The van der Waals surface area contributed by atoms with Crippen LogP contribution < -0.4 is 0 Å². The van der Waals surface area contributed by atoms with E-state index < -0.39 is 23.0 Å². The van der Waals surface area contributed by atoms with Crippen LogP contribution in [0, 0.1) is 0 Å². The van der Waals surface area contributed by atoms with Crippen molar-refractivity contribution in [3.8, 4) is 11.1 Å². The van der Waals surface area contributed by atoms with Crippen molar-refractivity contribution < 1.29 is 17.0 Å². The molecule has 138 valence electrons. The standard InChI is InChI=1S/C20H21.C2H7Si.2ClH.Zr/c1-14-12-16-6-5-7-18(19(16)13-14)15-8-10-17(11-9-15)20(2,3)4;1-3-2;;;/h5-13H,1-4H3;3H,1-2H3;2*1H;/q;;;;+2/p-2. The molecule has 1 aliphatic carbocycles. The number of hydrogen-bond donors (Lipinski definition) is 0. The number of benzene rings is 2. The van der Waals surface area contributed by atoms with Crippen LogP contribution in [0.4, 0.5) is 0 Å². The van der Waals surface area contributed by atoms with E-state index in [0.29, 0.717) is 3.63 Å². The molecule has 0 bridgehead atoms. The second-order valence-corrected chi connectivity index (χ2v) is 42.6. The molecule has 0 radical (unpaired) electrons. The van der Waals surface area contributed by atoms with Crippen molar-refractivity contribution >= 4 is 29.0 Å². The molecular formula is C22H28Cl2SiZr. The van der Waals surface area contributed by atoms with Crippen molar-refractivity contribution in [1.82, 2.24) is 0 Å². The van der Waals surface area contributed by atoms with Crippen LogP contribution in [0.3, 0.4) is 0 Å². The summed E-state index contributed by atoms with van der Waals surface area (Å²) in [5, 5.41) is 0. The molecule has 0 heterocycles. The predicted molar refractivity (Wildman–Crippen MR) is 118 cm³/mol. The van der Waals surface area contributed by atoms with Gasteiger partial charge in [0.15, 0.2) is 0 Å². The number of hydrogen-bond acceptors (Lipinski definition) is 0. The third kappa shape index (κ3) is 3.72. The molecule has 0 spiro atoms. The van der Waals surface area contributed by atoms with Gasteiger partial charge < -0.3 is 0 Å². The van der Waals surface area contributed by atoms with Gasteiger partial charge >= 0.3 is 172 Å². The molecule has 1 unspecified atom stereocenters. The maximum atomic E-state index is 7.07. The first kappa shape index (κ1) is 20.6. The summed E-state index contributed by atoms with van der Waals surface area (Å²) in [4.78, 5) is 0. The zero-order valence-corrected chi connectivity index (χ0v) is 21.7. The Hall–Kier alpha value is -0.140. The third-order valence-electron chi connectivity index (χ3n) is 5.49. The Morgan fingerprint density at radius 3 is 2.12 bits per heavy atom. The molecular weight excluding hydrogens is 454 g/mol. The summed E-state index contributed by atoms with van der Waals surface area (Å²) in [6.07, 6.45) is 2.33. The molecule has 0 aliphatic heterocycles. The van der Waals surface area contributed by atoms with E-state index in [1.165, 1.54) is 33.4 Å². The quantitative estimate of drug-likeness (QED) is 0.396. The molecule has 26 heavy (non-hydrogen) atoms. The Bertz CT molecular complexity index is 845. The van der Waals surface area contributed by atoms with Gasteiger partial charge in [-0.2, -0.15) is 0 Å². The molecule has 0 N–H and O–H groups in total. The Morgan fingerprint density at radius 2 is 1.58 bits per heavy atom. The van der Waals surface area contributed by atoms with Gasteiger partial charge in [-0.1, -0.05) is 0 Å². The summed E-state index contributed by atoms with van der Waals surface area (Å²) in [6.45, 7) is 13.6. The molecule has 1 aliphatic rings. The van der Waals surface area contributed by atoms with E-state index >= 15 is 0 Å². The second-order valence-electron chi connectivity index (χ2n) is 8.79. The van der Waals surface area contributed by atoms with E-state index in [0.717, 1.165) is 0 Å². The van der Waals surface area contributed by atoms with Crippen LogP contribution in [-0.4, -0.2) is 5.92 Å². The summed E-state index contributed by atoms with van der Waals surface area (Å²) < 4.78 is 0.308. The second kappa shape index (κ2) is 7.36. The first-order valence-electron chi connectivity index (χ1n) is 9.33. The third-order valence-corrected chi connectivity index (χ3v) is 42.2. The van der Waals surface area contributed by atoms with Crippen molar-refractivity contribution in [1.29, 1.82) is 0 Å². The normalized spacial score (nSPS) is 17.4. The summed E-state index contributed by atoms with van der Waals surface area (Å²) in [6, 6.07) is 15.7. The van der Waals surface area contributed by atoms with Gasteiger partial charge in [-0.25, -0.2) is 0 Å². The monoisotopic (exact) mass is 480 g/mol. The van der Waals surface area contributed by atoms with E-state index in [9.17, 15) is 0 Å². The predicted octanol–water partition coefficient (Wildman–Crippen LogP) is 7.55. The maximum absolute atomic E-state index is 7.07. The van der Waals surface area contributed by atoms with E-state index in [4.69, 9.17) is 17.0 Å². The van der Waals surface area contributed by atoms with Crippen molar-refractivity contribution in [3.63, 3.8) is 0 Å². The minimum atomic E-state index is -3.14. The summed E-state index contributed by atoms with van der Waals surface area (Å²) in [5.41, 5.74) is 8.16. The Labute approximate surface area is 170 Å². The fourth-order valence-electron chi connectivity index (χ4n) is 3.80. The van der Waals surface area contributed by atoms with Gasteiger partial charge in [0.25, 0.3) is 0 Å². The van der Waals surface area contributed by atoms with Gasteiger partial charge in [-0.15, -0.1) is 0 Å². The molecule has 0 amide bonds. The molecule has 1 atom stereocenters. The van der Waals surface area contributed by atoms with Crippen LogP contribution in [0.5, 0.6) is 0 Å². The molecule has 4 heteroatoms. The summed E-state index contributed by atoms with van der Waals surface area (Å²) in [7, 11) is 14.1. The average Bonchev–Trinajstić information content (AvgIpc) is 2.90. The van der Waals surface area contributed by atoms with E-state index in [-0.39, 0.29) is 5.41 Å². The number of allylic oxidation sites excluding steroid dienone is 1. The summed E-state index contributed by atoms with van der Waals surface area (Å²) in [5.74, 6) is -1.05. The zero-order valence-electron chi connectivity index (χ0n) is 16.5. The number of halogens is 2. The van der Waals surface area contributed by atoms with Gasteiger partial charge in [0, 0.05) is 0 Å². The van der Waals surface area contributed by atoms with Gasteiger partial charge in [-0.05, 0) is 0 Å². The average molecular weight is 483 g/mol. The Balaban J connectivity index is 2.08. The molecule has 0 aromatic heterocycles. The molecule has 0 fully saturated rings. The number of rotatable bonds is 3. The Kier molecular flexibility index (Phi) is 5.83. The van der Waals surface area contributed by atoms with Crippen molar-refractivity contribution in [2.45, 2.75) is 49.8 Å². The number of fused-ring (bicyclic) bond motifs is 1.